The van der Waals surface area contributed by atoms with Gasteiger partial charge in [-0.15, -0.1) is 0 Å². The molecule has 0 amide bonds. The van der Waals surface area contributed by atoms with Gasteiger partial charge < -0.3 is 5.32 Å². The van der Waals surface area contributed by atoms with Crippen LogP contribution in [-0.2, 0) is 13.0 Å². The molecule has 3 rings (SSSR count). The largest absolute Gasteiger partial charge is 0.383 e. The monoisotopic (exact) mass is 256 g/mol. The van der Waals surface area contributed by atoms with Crippen molar-refractivity contribution in [2.75, 3.05) is 11.9 Å². The van der Waals surface area contributed by atoms with Crippen LogP contribution >= 0.6 is 0 Å². The molecule has 0 bridgehead atoms. The van der Waals surface area contributed by atoms with Crippen molar-refractivity contribution in [1.29, 1.82) is 0 Å². The van der Waals surface area contributed by atoms with Gasteiger partial charge in [-0.05, 0) is 31.4 Å². The van der Waals surface area contributed by atoms with E-state index in [2.05, 4.69) is 15.4 Å². The number of anilines is 1. The second-order valence-electron chi connectivity index (χ2n) is 4.80. The van der Waals surface area contributed by atoms with Crippen LogP contribution in [0.5, 0.6) is 0 Å². The zero-order valence-corrected chi connectivity index (χ0v) is 10.9. The fourth-order valence-corrected chi connectivity index (χ4v) is 2.29. The van der Waals surface area contributed by atoms with E-state index in [0.29, 0.717) is 6.54 Å². The van der Waals surface area contributed by atoms with Crippen molar-refractivity contribution in [3.8, 4) is 0 Å². The maximum Gasteiger partial charge on any atom is 0.269 e. The van der Waals surface area contributed by atoms with Gasteiger partial charge in [0.2, 0.25) is 0 Å². The first-order valence-electron chi connectivity index (χ1n) is 6.49. The Morgan fingerprint density at radius 2 is 2.37 bits per heavy atom. The second kappa shape index (κ2) is 4.84. The quantitative estimate of drug-likeness (QED) is 0.881. The number of aromatic nitrogens is 3. The van der Waals surface area contributed by atoms with Crippen LogP contribution in [0.15, 0.2) is 29.2 Å². The van der Waals surface area contributed by atoms with Gasteiger partial charge in [-0.3, -0.25) is 9.78 Å². The second-order valence-corrected chi connectivity index (χ2v) is 4.80. The van der Waals surface area contributed by atoms with E-state index in [4.69, 9.17) is 0 Å². The molecule has 0 atom stereocenters. The number of pyridine rings is 1. The molecule has 0 unspecified atom stereocenters. The first kappa shape index (κ1) is 11.9. The van der Waals surface area contributed by atoms with Gasteiger partial charge in [0.15, 0.2) is 0 Å². The standard InChI is InChI=1S/C14H16N4O/c1-10-4-2-6-16-13(10)9-18-14(19)8-12-11(17-18)5-3-7-15-12/h2,4,6,8,15H,3,5,7,9H2,1H3. The first-order chi connectivity index (χ1) is 9.24. The van der Waals surface area contributed by atoms with Crippen LogP contribution in [0.2, 0.25) is 0 Å². The minimum atomic E-state index is -0.0850. The summed E-state index contributed by atoms with van der Waals surface area (Å²) in [6.07, 6.45) is 3.72. The molecule has 0 aliphatic carbocycles. The molecule has 5 heteroatoms. The number of nitrogens with one attached hydrogen (secondary N) is 1. The molecule has 2 aromatic rings. The van der Waals surface area contributed by atoms with Gasteiger partial charge in [0.1, 0.15) is 0 Å². The highest BCUT2D eigenvalue weighted by molar-refractivity contribution is 5.48. The zero-order valence-electron chi connectivity index (χ0n) is 10.9. The van der Waals surface area contributed by atoms with Gasteiger partial charge in [-0.2, -0.15) is 5.10 Å². The Labute approximate surface area is 111 Å². The molecule has 0 radical (unpaired) electrons. The summed E-state index contributed by atoms with van der Waals surface area (Å²) in [7, 11) is 0. The first-order valence-corrected chi connectivity index (χ1v) is 6.49. The molecule has 1 N–H and O–H groups in total. The van der Waals surface area contributed by atoms with E-state index in [9.17, 15) is 4.79 Å². The zero-order chi connectivity index (χ0) is 13.2. The molecular formula is C14H16N4O. The summed E-state index contributed by atoms with van der Waals surface area (Å²) in [6, 6.07) is 5.53. The highest BCUT2D eigenvalue weighted by Gasteiger charge is 2.13. The summed E-state index contributed by atoms with van der Waals surface area (Å²) >= 11 is 0. The lowest BCUT2D eigenvalue weighted by Crippen LogP contribution is -2.28. The smallest absolute Gasteiger partial charge is 0.269 e. The van der Waals surface area contributed by atoms with Crippen LogP contribution in [0, 0.1) is 6.92 Å². The van der Waals surface area contributed by atoms with Gasteiger partial charge in [0.25, 0.3) is 5.56 Å². The summed E-state index contributed by atoms with van der Waals surface area (Å²) < 4.78 is 1.50. The van der Waals surface area contributed by atoms with Crippen LogP contribution < -0.4 is 10.9 Å². The van der Waals surface area contributed by atoms with Crippen molar-refractivity contribution in [3.05, 3.63) is 51.7 Å². The summed E-state index contributed by atoms with van der Waals surface area (Å²) in [6.45, 7) is 3.34. The van der Waals surface area contributed by atoms with E-state index in [1.54, 1.807) is 12.3 Å². The number of hydrogen-bond donors (Lipinski definition) is 1. The molecule has 3 heterocycles. The Morgan fingerprint density at radius 3 is 3.21 bits per heavy atom. The topological polar surface area (TPSA) is 59.8 Å². The minimum absolute atomic E-state index is 0.0850. The van der Waals surface area contributed by atoms with Crippen molar-refractivity contribution < 1.29 is 0 Å². The average Bonchev–Trinajstić information content (AvgIpc) is 2.42. The van der Waals surface area contributed by atoms with Crippen molar-refractivity contribution >= 4 is 5.69 Å². The predicted octanol–water partition coefficient (Wildman–Crippen LogP) is 1.35. The highest BCUT2D eigenvalue weighted by Crippen LogP contribution is 2.16. The van der Waals surface area contributed by atoms with Gasteiger partial charge >= 0.3 is 0 Å². The van der Waals surface area contributed by atoms with E-state index >= 15 is 0 Å². The lowest BCUT2D eigenvalue weighted by atomic mass is 10.1. The summed E-state index contributed by atoms with van der Waals surface area (Å²) in [5.74, 6) is 0. The third-order valence-electron chi connectivity index (χ3n) is 3.40. The summed E-state index contributed by atoms with van der Waals surface area (Å²) in [5.41, 5.74) is 3.73. The Hall–Kier alpha value is -2.17. The van der Waals surface area contributed by atoms with E-state index in [0.717, 1.165) is 42.0 Å². The van der Waals surface area contributed by atoms with Crippen molar-refractivity contribution in [2.45, 2.75) is 26.3 Å². The Kier molecular flexibility index (Phi) is 3.03. The molecule has 1 aliphatic rings. The normalized spacial score (nSPS) is 13.7. The van der Waals surface area contributed by atoms with Gasteiger partial charge in [0.05, 0.1) is 23.6 Å². The molecule has 19 heavy (non-hydrogen) atoms. The average molecular weight is 256 g/mol. The van der Waals surface area contributed by atoms with Gasteiger partial charge in [-0.1, -0.05) is 6.07 Å². The predicted molar refractivity (Wildman–Crippen MR) is 73.4 cm³/mol. The Balaban J connectivity index is 1.97. The molecule has 5 nitrogen and oxygen atoms in total. The molecule has 0 aromatic carbocycles. The fourth-order valence-electron chi connectivity index (χ4n) is 2.29. The Morgan fingerprint density at radius 1 is 1.47 bits per heavy atom. The van der Waals surface area contributed by atoms with Gasteiger partial charge in [0, 0.05) is 18.8 Å². The molecule has 1 aliphatic heterocycles. The van der Waals surface area contributed by atoms with Crippen LogP contribution in [0.4, 0.5) is 5.69 Å². The Bertz CT molecular complexity index is 663. The highest BCUT2D eigenvalue weighted by atomic mass is 16.1. The van der Waals surface area contributed by atoms with Crippen LogP contribution in [0.1, 0.15) is 23.4 Å². The number of hydrogen-bond acceptors (Lipinski definition) is 4. The number of aryl methyl sites for hydroxylation is 2. The van der Waals surface area contributed by atoms with E-state index in [1.807, 2.05) is 19.1 Å². The third kappa shape index (κ3) is 2.36. The van der Waals surface area contributed by atoms with Crippen molar-refractivity contribution in [3.63, 3.8) is 0 Å². The molecular weight excluding hydrogens is 240 g/mol. The number of nitrogens with zero attached hydrogens (tertiary/aromatic N) is 3. The molecule has 2 aromatic heterocycles. The SMILES string of the molecule is Cc1cccnc1Cn1nc2c(cc1=O)NCCC2. The maximum absolute atomic E-state index is 12.0. The van der Waals surface area contributed by atoms with Crippen LogP contribution in [0.3, 0.4) is 0 Å². The molecule has 0 saturated carbocycles. The maximum atomic E-state index is 12.0. The molecule has 0 spiro atoms. The van der Waals surface area contributed by atoms with Crippen LogP contribution in [0.25, 0.3) is 0 Å². The molecule has 0 saturated heterocycles. The van der Waals surface area contributed by atoms with E-state index in [1.165, 1.54) is 4.68 Å². The van der Waals surface area contributed by atoms with Crippen molar-refractivity contribution in [1.82, 2.24) is 14.8 Å². The number of fused-ring (bicyclic) bond motifs is 1. The third-order valence-corrected chi connectivity index (χ3v) is 3.40. The molecule has 98 valence electrons. The van der Waals surface area contributed by atoms with Gasteiger partial charge in [-0.25, -0.2) is 4.68 Å². The lowest BCUT2D eigenvalue weighted by molar-refractivity contribution is 0.598. The van der Waals surface area contributed by atoms with E-state index in [-0.39, 0.29) is 5.56 Å². The summed E-state index contributed by atoms with van der Waals surface area (Å²) in [5, 5.41) is 7.67. The lowest BCUT2D eigenvalue weighted by Gasteiger charge is -2.17. The molecule has 0 fully saturated rings. The fraction of sp³-hybridized carbons (Fsp3) is 0.357. The minimum Gasteiger partial charge on any atom is -0.383 e. The van der Waals surface area contributed by atoms with Crippen LogP contribution in [-0.4, -0.2) is 21.3 Å². The summed E-state index contributed by atoms with van der Waals surface area (Å²) in [4.78, 5) is 16.4. The number of rotatable bonds is 2. The van der Waals surface area contributed by atoms with E-state index < -0.39 is 0 Å². The van der Waals surface area contributed by atoms with Crippen molar-refractivity contribution in [2.24, 2.45) is 0 Å².